The van der Waals surface area contributed by atoms with E-state index in [2.05, 4.69) is 29.9 Å². The number of carboxylic acid groups (broad SMARTS) is 1. The van der Waals surface area contributed by atoms with Crippen LogP contribution in [0.3, 0.4) is 0 Å². The lowest BCUT2D eigenvalue weighted by atomic mass is 9.86. The lowest BCUT2D eigenvalue weighted by Crippen LogP contribution is -2.32. The zero-order chi connectivity index (χ0) is 12.3. The molecule has 0 spiro atoms. The number of hydrogen-bond acceptors (Lipinski definition) is 3. The van der Waals surface area contributed by atoms with Crippen molar-refractivity contribution < 1.29 is 9.90 Å². The molecule has 1 aliphatic heterocycles. The van der Waals surface area contributed by atoms with Gasteiger partial charge in [-0.05, 0) is 18.9 Å². The summed E-state index contributed by atoms with van der Waals surface area (Å²) >= 11 is 0. The smallest absolute Gasteiger partial charge is 0.303 e. The summed E-state index contributed by atoms with van der Waals surface area (Å²) in [6.45, 7) is 2.12. The molecule has 0 aliphatic carbocycles. The van der Waals surface area contributed by atoms with Crippen LogP contribution < -0.4 is 10.9 Å². The highest BCUT2D eigenvalue weighted by molar-refractivity contribution is 5.66. The van der Waals surface area contributed by atoms with Crippen LogP contribution in [0.5, 0.6) is 0 Å². The van der Waals surface area contributed by atoms with Gasteiger partial charge in [-0.1, -0.05) is 30.3 Å². The first-order valence-corrected chi connectivity index (χ1v) is 5.96. The van der Waals surface area contributed by atoms with Crippen LogP contribution in [0.4, 0.5) is 0 Å². The molecule has 3 unspecified atom stereocenters. The highest BCUT2D eigenvalue weighted by Gasteiger charge is 2.33. The number of nitrogens with one attached hydrogen (secondary N) is 2. The van der Waals surface area contributed by atoms with Crippen molar-refractivity contribution in [2.75, 3.05) is 0 Å². The summed E-state index contributed by atoms with van der Waals surface area (Å²) in [5, 5.41) is 8.75. The second-order valence-electron chi connectivity index (χ2n) is 4.55. The third-order valence-corrected chi connectivity index (χ3v) is 3.32. The molecule has 4 nitrogen and oxygen atoms in total. The highest BCUT2D eigenvalue weighted by atomic mass is 16.4. The zero-order valence-corrected chi connectivity index (χ0v) is 9.89. The van der Waals surface area contributed by atoms with Gasteiger partial charge < -0.3 is 5.11 Å². The monoisotopic (exact) mass is 234 g/mol. The van der Waals surface area contributed by atoms with Crippen LogP contribution in [0, 0.1) is 0 Å². The summed E-state index contributed by atoms with van der Waals surface area (Å²) < 4.78 is 0. The fourth-order valence-electron chi connectivity index (χ4n) is 2.49. The van der Waals surface area contributed by atoms with Crippen molar-refractivity contribution >= 4 is 5.97 Å². The minimum atomic E-state index is -0.738. The van der Waals surface area contributed by atoms with Gasteiger partial charge in [0.1, 0.15) is 0 Å². The second kappa shape index (κ2) is 5.29. The molecule has 0 radical (unpaired) electrons. The maximum Gasteiger partial charge on any atom is 0.303 e. The Morgan fingerprint density at radius 2 is 2.00 bits per heavy atom. The van der Waals surface area contributed by atoms with Gasteiger partial charge in [0.2, 0.25) is 0 Å². The molecule has 92 valence electrons. The predicted octanol–water partition coefficient (Wildman–Crippen LogP) is 1.50. The fourth-order valence-corrected chi connectivity index (χ4v) is 2.49. The van der Waals surface area contributed by atoms with Crippen LogP contribution in [0.2, 0.25) is 0 Å². The van der Waals surface area contributed by atoms with Crippen LogP contribution in [-0.2, 0) is 4.79 Å². The summed E-state index contributed by atoms with van der Waals surface area (Å²) in [5.74, 6) is -0.409. The zero-order valence-electron chi connectivity index (χ0n) is 9.89. The summed E-state index contributed by atoms with van der Waals surface area (Å²) in [5.41, 5.74) is 7.65. The molecular weight excluding hydrogens is 216 g/mol. The second-order valence-corrected chi connectivity index (χ2v) is 4.55. The van der Waals surface area contributed by atoms with Crippen molar-refractivity contribution in [3.05, 3.63) is 35.9 Å². The average Bonchev–Trinajstić information content (AvgIpc) is 2.69. The Hall–Kier alpha value is -1.39. The third kappa shape index (κ3) is 2.84. The molecule has 3 atom stereocenters. The summed E-state index contributed by atoms with van der Waals surface area (Å²) in [7, 11) is 0. The average molecular weight is 234 g/mol. The molecular formula is C13H18N2O2. The number of carbonyl (C=O) groups is 1. The molecule has 1 aromatic carbocycles. The molecule has 4 heteroatoms. The molecule has 3 N–H and O–H groups in total. The van der Waals surface area contributed by atoms with Crippen LogP contribution in [-0.4, -0.2) is 23.2 Å². The lowest BCUT2D eigenvalue weighted by Gasteiger charge is -2.20. The van der Waals surface area contributed by atoms with Crippen LogP contribution in [0.25, 0.3) is 0 Å². The summed E-state index contributed by atoms with van der Waals surface area (Å²) in [6, 6.07) is 10.7. The summed E-state index contributed by atoms with van der Waals surface area (Å²) in [4.78, 5) is 10.6. The maximum absolute atomic E-state index is 10.6. The van der Waals surface area contributed by atoms with Crippen molar-refractivity contribution in [3.63, 3.8) is 0 Å². The van der Waals surface area contributed by atoms with E-state index in [4.69, 9.17) is 5.11 Å². The molecule has 1 heterocycles. The molecule has 0 bridgehead atoms. The van der Waals surface area contributed by atoms with Gasteiger partial charge in [0.15, 0.2) is 0 Å². The molecule has 0 saturated carbocycles. The number of rotatable bonds is 4. The molecule has 0 amide bonds. The van der Waals surface area contributed by atoms with Crippen molar-refractivity contribution in [3.8, 4) is 0 Å². The van der Waals surface area contributed by atoms with Gasteiger partial charge in [0.05, 0.1) is 0 Å². The van der Waals surface area contributed by atoms with Gasteiger partial charge in [-0.25, -0.2) is 0 Å². The number of hydrogen-bond donors (Lipinski definition) is 3. The Balaban J connectivity index is 2.09. The third-order valence-electron chi connectivity index (χ3n) is 3.32. The highest BCUT2D eigenvalue weighted by Crippen LogP contribution is 2.29. The first-order chi connectivity index (χ1) is 8.18. The fraction of sp³-hybridized carbons (Fsp3) is 0.462. The number of hydrazine groups is 1. The van der Waals surface area contributed by atoms with Gasteiger partial charge >= 0.3 is 5.97 Å². The molecule has 1 saturated heterocycles. The van der Waals surface area contributed by atoms with Crippen LogP contribution in [0.1, 0.15) is 31.2 Å². The van der Waals surface area contributed by atoms with Crippen LogP contribution in [0.15, 0.2) is 30.3 Å². The quantitative estimate of drug-likeness (QED) is 0.739. The number of aliphatic carboxylic acids is 1. The van der Waals surface area contributed by atoms with E-state index in [0.717, 1.165) is 0 Å². The van der Waals surface area contributed by atoms with E-state index < -0.39 is 5.97 Å². The molecule has 1 aromatic rings. The molecule has 2 rings (SSSR count). The molecule has 1 aliphatic rings. The standard InChI is InChI=1S/C13H18N2O2/c1-9-13(10-5-3-2-4-6-10)11(15-14-9)7-8-12(16)17/h2-6,9,11,13-15H,7-8H2,1H3,(H,16,17). The van der Waals surface area contributed by atoms with Crippen molar-refractivity contribution in [2.24, 2.45) is 0 Å². The minimum Gasteiger partial charge on any atom is -0.481 e. The minimum absolute atomic E-state index is 0.184. The largest absolute Gasteiger partial charge is 0.481 e. The molecule has 0 aromatic heterocycles. The molecule has 1 fully saturated rings. The topological polar surface area (TPSA) is 61.4 Å². The Morgan fingerprint density at radius 3 is 2.65 bits per heavy atom. The Labute approximate surface area is 101 Å². The maximum atomic E-state index is 10.6. The van der Waals surface area contributed by atoms with E-state index in [1.54, 1.807) is 0 Å². The van der Waals surface area contributed by atoms with E-state index in [1.807, 2.05) is 18.2 Å². The number of carboxylic acids is 1. The Morgan fingerprint density at radius 1 is 1.29 bits per heavy atom. The number of benzene rings is 1. The van der Waals surface area contributed by atoms with Gasteiger partial charge in [-0.2, -0.15) is 0 Å². The Bertz CT molecular complexity index is 380. The lowest BCUT2D eigenvalue weighted by molar-refractivity contribution is -0.137. The van der Waals surface area contributed by atoms with Crippen LogP contribution >= 0.6 is 0 Å². The van der Waals surface area contributed by atoms with Crippen molar-refractivity contribution in [1.82, 2.24) is 10.9 Å². The van der Waals surface area contributed by atoms with Gasteiger partial charge in [-0.3, -0.25) is 15.6 Å². The van der Waals surface area contributed by atoms with E-state index >= 15 is 0 Å². The van der Waals surface area contributed by atoms with Gasteiger partial charge in [-0.15, -0.1) is 0 Å². The van der Waals surface area contributed by atoms with Crippen molar-refractivity contribution in [1.29, 1.82) is 0 Å². The molecule has 17 heavy (non-hydrogen) atoms. The van der Waals surface area contributed by atoms with Gasteiger partial charge in [0.25, 0.3) is 0 Å². The first-order valence-electron chi connectivity index (χ1n) is 5.96. The van der Waals surface area contributed by atoms with E-state index in [1.165, 1.54) is 5.56 Å². The van der Waals surface area contributed by atoms with E-state index in [9.17, 15) is 4.79 Å². The van der Waals surface area contributed by atoms with Gasteiger partial charge in [0, 0.05) is 24.4 Å². The van der Waals surface area contributed by atoms with Crippen molar-refractivity contribution in [2.45, 2.75) is 37.8 Å². The van der Waals surface area contributed by atoms with E-state index in [0.29, 0.717) is 18.4 Å². The van der Waals surface area contributed by atoms with E-state index in [-0.39, 0.29) is 12.5 Å². The SMILES string of the molecule is CC1NNC(CCC(=O)O)C1c1ccccc1. The normalized spacial score (nSPS) is 28.2. The summed E-state index contributed by atoms with van der Waals surface area (Å²) in [6.07, 6.45) is 0.849. The first kappa shape index (κ1) is 12.1. The predicted molar refractivity (Wildman–Crippen MR) is 65.6 cm³/mol. The Kier molecular flexibility index (Phi) is 3.76.